The Bertz CT molecular complexity index is 1170. The molecule has 0 aliphatic carbocycles. The number of carbonyl (C=O) groups is 1. The first kappa shape index (κ1) is 34.3. The molecule has 0 radical (unpaired) electrons. The third-order valence-corrected chi connectivity index (χ3v) is 9.45. The van der Waals surface area contributed by atoms with Crippen molar-refractivity contribution in [1.29, 1.82) is 0 Å². The molecule has 1 aromatic rings. The molecule has 1 aromatic carbocycles. The molecule has 3 aliphatic rings. The molecule has 10 nitrogen and oxygen atoms in total. The molecule has 0 bridgehead atoms. The summed E-state index contributed by atoms with van der Waals surface area (Å²) in [5.74, 6) is 0.550. The van der Waals surface area contributed by atoms with Crippen molar-refractivity contribution in [2.75, 3.05) is 73.6 Å². The van der Waals surface area contributed by atoms with Crippen LogP contribution in [0.1, 0.15) is 64.2 Å². The van der Waals surface area contributed by atoms with Gasteiger partial charge in [0.15, 0.2) is 6.17 Å². The molecular weight excluding hydrogens is 561 g/mol. The molecule has 0 saturated carbocycles. The minimum absolute atomic E-state index is 0.0283. The van der Waals surface area contributed by atoms with Crippen LogP contribution in [0, 0.1) is 17.2 Å². The third-order valence-electron chi connectivity index (χ3n) is 9.45. The number of amides is 1. The van der Waals surface area contributed by atoms with Gasteiger partial charge in [-0.3, -0.25) is 14.6 Å². The normalized spacial score (nSPS) is 21.0. The predicted octanol–water partition coefficient (Wildman–Crippen LogP) is 4.08. The van der Waals surface area contributed by atoms with Gasteiger partial charge in [0.25, 0.3) is 11.8 Å². The maximum atomic E-state index is 14.3. The zero-order valence-corrected chi connectivity index (χ0v) is 28.1. The van der Waals surface area contributed by atoms with Crippen LogP contribution in [0.25, 0.3) is 0 Å². The van der Waals surface area contributed by atoms with Crippen molar-refractivity contribution in [2.24, 2.45) is 21.5 Å². The van der Waals surface area contributed by atoms with Crippen molar-refractivity contribution in [3.05, 3.63) is 29.6 Å². The second-order valence-corrected chi connectivity index (χ2v) is 13.5. The van der Waals surface area contributed by atoms with E-state index in [1.54, 1.807) is 18.3 Å². The Labute approximate surface area is 263 Å². The van der Waals surface area contributed by atoms with E-state index in [2.05, 4.69) is 45.8 Å². The maximum absolute atomic E-state index is 14.3. The number of likely N-dealkylation sites (tertiary alicyclic amines) is 2. The van der Waals surface area contributed by atoms with Crippen molar-refractivity contribution < 1.29 is 18.7 Å². The number of carbonyl (C=O) groups excluding carboxylic acids is 1. The quantitative estimate of drug-likeness (QED) is 0.312. The van der Waals surface area contributed by atoms with Gasteiger partial charge in [-0.05, 0) is 77.7 Å². The predicted molar refractivity (Wildman–Crippen MR) is 174 cm³/mol. The van der Waals surface area contributed by atoms with Crippen molar-refractivity contribution in [3.8, 4) is 5.75 Å². The highest BCUT2D eigenvalue weighted by Crippen LogP contribution is 2.43. The molecule has 246 valence electrons. The van der Waals surface area contributed by atoms with Gasteiger partial charge in [0, 0.05) is 70.9 Å². The Morgan fingerprint density at radius 2 is 1.93 bits per heavy atom. The Morgan fingerprint density at radius 1 is 1.18 bits per heavy atom. The third kappa shape index (κ3) is 7.97. The Kier molecular flexibility index (Phi) is 11.8. The van der Waals surface area contributed by atoms with E-state index in [4.69, 9.17) is 9.47 Å². The van der Waals surface area contributed by atoms with Crippen LogP contribution in [0.4, 0.5) is 4.39 Å². The summed E-state index contributed by atoms with van der Waals surface area (Å²) in [4.78, 5) is 24.6. The number of rotatable bonds is 14. The number of nitrogens with zero attached hydrogens (tertiary/aromatic N) is 7. The summed E-state index contributed by atoms with van der Waals surface area (Å²) >= 11 is 0. The largest absolute Gasteiger partial charge is 0.437 e. The smallest absolute Gasteiger partial charge is 0.257 e. The Balaban J connectivity index is 1.41. The van der Waals surface area contributed by atoms with Crippen LogP contribution in [-0.2, 0) is 4.74 Å². The summed E-state index contributed by atoms with van der Waals surface area (Å²) < 4.78 is 25.9. The fourth-order valence-electron chi connectivity index (χ4n) is 7.06. The van der Waals surface area contributed by atoms with E-state index in [1.165, 1.54) is 31.0 Å². The van der Waals surface area contributed by atoms with Gasteiger partial charge in [-0.2, -0.15) is 0 Å². The van der Waals surface area contributed by atoms with Crippen LogP contribution in [0.5, 0.6) is 5.75 Å². The van der Waals surface area contributed by atoms with E-state index in [0.717, 1.165) is 52.3 Å². The average Bonchev–Trinajstić information content (AvgIpc) is 3.40. The number of benzene rings is 1. The summed E-state index contributed by atoms with van der Waals surface area (Å²) in [6.07, 6.45) is 4.95. The van der Waals surface area contributed by atoms with E-state index in [0.29, 0.717) is 30.2 Å². The molecule has 4 rings (SSSR count). The van der Waals surface area contributed by atoms with Gasteiger partial charge in [-0.1, -0.05) is 13.8 Å². The average molecular weight is 616 g/mol. The fraction of sp³-hybridized carbons (Fsp3) is 0.727. The molecule has 3 aliphatic heterocycles. The van der Waals surface area contributed by atoms with Gasteiger partial charge in [-0.15, -0.1) is 10.2 Å². The molecule has 11 heteroatoms. The lowest BCUT2D eigenvalue weighted by Gasteiger charge is -2.53. The van der Waals surface area contributed by atoms with E-state index >= 15 is 0 Å². The molecule has 0 aromatic heterocycles. The molecule has 1 amide bonds. The SMILES string of the molecule is CCN(C(=O)c1cc(F)ccc1OC1=NN=CN(C)C1N1CCC2(C1)CN([C@H](CCCN(C)CCOC)C(C)C)C2)C(C)C. The summed E-state index contributed by atoms with van der Waals surface area (Å²) in [6.45, 7) is 17.9. The Hall–Kier alpha value is -2.60. The van der Waals surface area contributed by atoms with Crippen LogP contribution in [0.15, 0.2) is 28.4 Å². The lowest BCUT2D eigenvalue weighted by Crippen LogP contribution is -2.63. The summed E-state index contributed by atoms with van der Waals surface area (Å²) in [7, 11) is 5.89. The molecular formula is C33H54FN7O3. The van der Waals surface area contributed by atoms with Crippen molar-refractivity contribution in [2.45, 2.75) is 72.1 Å². The lowest BCUT2D eigenvalue weighted by molar-refractivity contribution is -0.0439. The second kappa shape index (κ2) is 15.1. The standard InChI is InChI=1S/C33H54FN7O3/c1-9-41(25(4)5)32(42)27-19-26(34)12-13-29(27)44-30-31(38(7)23-35-36-30)39-16-14-33(20-39)21-40(22-33)28(24(2)3)11-10-15-37(6)17-18-43-8/h12-13,19,23-25,28,31H,9-11,14-18,20-22H2,1-8H3/t28-,31?/m1/s1. The highest BCUT2D eigenvalue weighted by molar-refractivity contribution is 5.98. The lowest BCUT2D eigenvalue weighted by atomic mass is 9.76. The number of hydrogen-bond donors (Lipinski definition) is 0. The number of hydrogen-bond acceptors (Lipinski definition) is 9. The summed E-state index contributed by atoms with van der Waals surface area (Å²) in [5, 5.41) is 8.55. The molecule has 1 unspecified atom stereocenters. The van der Waals surface area contributed by atoms with Crippen molar-refractivity contribution >= 4 is 18.1 Å². The van der Waals surface area contributed by atoms with Gasteiger partial charge in [0.2, 0.25) is 0 Å². The highest BCUT2D eigenvalue weighted by atomic mass is 19.1. The maximum Gasteiger partial charge on any atom is 0.257 e. The minimum atomic E-state index is -0.480. The van der Waals surface area contributed by atoms with Gasteiger partial charge in [-0.25, -0.2) is 4.39 Å². The minimum Gasteiger partial charge on any atom is -0.437 e. The number of methoxy groups -OCH3 is 1. The highest BCUT2D eigenvalue weighted by Gasteiger charge is 2.52. The molecule has 2 fully saturated rings. The fourth-order valence-corrected chi connectivity index (χ4v) is 7.06. The molecule has 2 saturated heterocycles. The number of likely N-dealkylation sites (N-methyl/N-ethyl adjacent to an activating group) is 2. The number of ether oxygens (including phenoxy) is 2. The molecule has 44 heavy (non-hydrogen) atoms. The first-order valence-corrected chi connectivity index (χ1v) is 16.3. The van der Waals surface area contributed by atoms with Gasteiger partial charge in [0.05, 0.1) is 12.2 Å². The molecule has 1 spiro atoms. The van der Waals surface area contributed by atoms with Gasteiger partial charge < -0.3 is 24.2 Å². The molecule has 2 atom stereocenters. The summed E-state index contributed by atoms with van der Waals surface area (Å²) in [6, 6.07) is 4.65. The zero-order chi connectivity index (χ0) is 32.0. The van der Waals surface area contributed by atoms with Crippen LogP contribution < -0.4 is 4.74 Å². The summed E-state index contributed by atoms with van der Waals surface area (Å²) in [5.41, 5.74) is 0.440. The molecule has 0 N–H and O–H groups in total. The monoisotopic (exact) mass is 615 g/mol. The van der Waals surface area contributed by atoms with E-state index < -0.39 is 5.82 Å². The Morgan fingerprint density at radius 3 is 2.59 bits per heavy atom. The first-order chi connectivity index (χ1) is 21.0. The van der Waals surface area contributed by atoms with E-state index in [1.807, 2.05) is 32.7 Å². The van der Waals surface area contributed by atoms with Crippen LogP contribution in [0.2, 0.25) is 0 Å². The van der Waals surface area contributed by atoms with Crippen LogP contribution >= 0.6 is 0 Å². The van der Waals surface area contributed by atoms with E-state index in [9.17, 15) is 9.18 Å². The second-order valence-electron chi connectivity index (χ2n) is 13.5. The van der Waals surface area contributed by atoms with Gasteiger partial charge in [0.1, 0.15) is 17.9 Å². The van der Waals surface area contributed by atoms with Crippen LogP contribution in [0.3, 0.4) is 0 Å². The van der Waals surface area contributed by atoms with Crippen molar-refractivity contribution in [3.63, 3.8) is 0 Å². The van der Waals surface area contributed by atoms with Gasteiger partial charge >= 0.3 is 0 Å². The van der Waals surface area contributed by atoms with E-state index in [-0.39, 0.29) is 29.1 Å². The zero-order valence-electron chi connectivity index (χ0n) is 28.1. The van der Waals surface area contributed by atoms with Crippen LogP contribution in [-0.4, -0.2) is 135 Å². The topological polar surface area (TPSA) is 76.5 Å². The van der Waals surface area contributed by atoms with Crippen molar-refractivity contribution in [1.82, 2.24) is 24.5 Å². The first-order valence-electron chi connectivity index (χ1n) is 16.3. The molecule has 3 heterocycles. The number of halogens is 1.